The van der Waals surface area contributed by atoms with Crippen LogP contribution in [-0.2, 0) is 16.2 Å². The maximum Gasteiger partial charge on any atom is 0.335 e. The fraction of sp³-hybridized carbons (Fsp3) is 0.0800. The van der Waals surface area contributed by atoms with Gasteiger partial charge in [-0.3, -0.25) is 14.9 Å². The second-order valence-corrected chi connectivity index (χ2v) is 8.55. The average molecular weight is 542 g/mol. The van der Waals surface area contributed by atoms with Gasteiger partial charge < -0.3 is 9.47 Å². The third-order valence-corrected chi connectivity index (χ3v) is 5.87. The van der Waals surface area contributed by atoms with Crippen LogP contribution in [0, 0.1) is 0 Å². The lowest BCUT2D eigenvalue weighted by Gasteiger charge is -2.26. The van der Waals surface area contributed by atoms with Crippen LogP contribution in [0.4, 0.5) is 10.5 Å². The first kappa shape index (κ1) is 23.5. The number of carbonyl (C=O) groups excluding carboxylic acids is 3. The number of imide groups is 2. The summed E-state index contributed by atoms with van der Waals surface area (Å²) in [5.74, 6) is -0.327. The van der Waals surface area contributed by atoms with Crippen LogP contribution >= 0.6 is 27.5 Å². The van der Waals surface area contributed by atoms with Crippen molar-refractivity contribution in [1.29, 1.82) is 0 Å². The van der Waals surface area contributed by atoms with E-state index in [2.05, 4.69) is 21.2 Å². The molecule has 1 N–H and O–H groups in total. The van der Waals surface area contributed by atoms with Crippen molar-refractivity contribution in [2.75, 3.05) is 12.0 Å². The van der Waals surface area contributed by atoms with Gasteiger partial charge >= 0.3 is 6.03 Å². The highest BCUT2D eigenvalue weighted by molar-refractivity contribution is 9.10. The zero-order chi connectivity index (χ0) is 24.2. The van der Waals surface area contributed by atoms with Crippen molar-refractivity contribution in [3.8, 4) is 11.5 Å². The van der Waals surface area contributed by atoms with Crippen LogP contribution in [0.2, 0.25) is 5.02 Å². The predicted molar refractivity (Wildman–Crippen MR) is 132 cm³/mol. The van der Waals surface area contributed by atoms with Gasteiger partial charge in [0.15, 0.2) is 0 Å². The highest BCUT2D eigenvalue weighted by atomic mass is 79.9. The number of nitrogens with one attached hydrogen (secondary N) is 1. The minimum Gasteiger partial charge on any atom is -0.496 e. The highest BCUT2D eigenvalue weighted by Gasteiger charge is 2.36. The lowest BCUT2D eigenvalue weighted by atomic mass is 10.1. The molecule has 0 atom stereocenters. The Morgan fingerprint density at radius 3 is 2.35 bits per heavy atom. The average Bonchev–Trinajstić information content (AvgIpc) is 2.82. The monoisotopic (exact) mass is 540 g/mol. The Morgan fingerprint density at radius 2 is 1.71 bits per heavy atom. The van der Waals surface area contributed by atoms with Gasteiger partial charge in [-0.25, -0.2) is 9.69 Å². The van der Waals surface area contributed by atoms with Crippen molar-refractivity contribution in [2.24, 2.45) is 0 Å². The molecular weight excluding hydrogens is 524 g/mol. The lowest BCUT2D eigenvalue weighted by Crippen LogP contribution is -2.54. The van der Waals surface area contributed by atoms with Crippen LogP contribution in [-0.4, -0.2) is 25.0 Å². The molecule has 34 heavy (non-hydrogen) atoms. The molecule has 7 nitrogen and oxygen atoms in total. The van der Waals surface area contributed by atoms with Crippen LogP contribution in [0.5, 0.6) is 11.5 Å². The number of methoxy groups -OCH3 is 1. The van der Waals surface area contributed by atoms with Crippen LogP contribution in [0.3, 0.4) is 0 Å². The molecule has 0 radical (unpaired) electrons. The van der Waals surface area contributed by atoms with Gasteiger partial charge in [0.2, 0.25) is 0 Å². The number of halogens is 2. The zero-order valence-corrected chi connectivity index (χ0v) is 20.2. The number of benzene rings is 3. The number of ether oxygens (including phenoxy) is 2. The number of amides is 4. The maximum atomic E-state index is 13.1. The molecule has 0 saturated carbocycles. The summed E-state index contributed by atoms with van der Waals surface area (Å²) in [4.78, 5) is 38.8. The van der Waals surface area contributed by atoms with Crippen LogP contribution < -0.4 is 19.7 Å². The standard InChI is InChI=1S/C25H18BrClN2O5/c1-33-22-11-4-16(13-21(22)26)12-20-23(30)28-25(32)29(24(20)31)18-7-9-19(10-8-18)34-14-15-2-5-17(27)6-3-15/h2-13H,14H2,1H3,(H,28,30,32)/b20-12+. The Bertz CT molecular complexity index is 1290. The normalized spacial score (nSPS) is 14.9. The number of urea groups is 1. The van der Waals surface area contributed by atoms with E-state index in [4.69, 9.17) is 21.1 Å². The minimum atomic E-state index is -0.821. The third-order valence-electron chi connectivity index (χ3n) is 5.00. The number of nitrogens with zero attached hydrogens (tertiary/aromatic N) is 1. The van der Waals surface area contributed by atoms with E-state index >= 15 is 0 Å². The summed E-state index contributed by atoms with van der Waals surface area (Å²) in [6.45, 7) is 0.332. The van der Waals surface area contributed by atoms with E-state index < -0.39 is 17.8 Å². The molecule has 3 aromatic carbocycles. The van der Waals surface area contributed by atoms with E-state index in [1.165, 1.54) is 13.2 Å². The molecule has 0 unspecified atom stereocenters. The first-order valence-electron chi connectivity index (χ1n) is 10.1. The van der Waals surface area contributed by atoms with Crippen molar-refractivity contribution in [3.05, 3.63) is 92.9 Å². The molecule has 9 heteroatoms. The van der Waals surface area contributed by atoms with Crippen LogP contribution in [0.15, 0.2) is 76.8 Å². The number of carbonyl (C=O) groups is 3. The van der Waals surface area contributed by atoms with Gasteiger partial charge in [-0.05, 0) is 81.7 Å². The Kier molecular flexibility index (Phi) is 7.00. The molecule has 4 rings (SSSR count). The first-order chi connectivity index (χ1) is 16.4. The number of hydrogen-bond acceptors (Lipinski definition) is 5. The summed E-state index contributed by atoms with van der Waals surface area (Å²) in [5, 5.41) is 2.85. The van der Waals surface area contributed by atoms with E-state index in [-0.39, 0.29) is 5.57 Å². The molecule has 1 saturated heterocycles. The third kappa shape index (κ3) is 5.13. The summed E-state index contributed by atoms with van der Waals surface area (Å²) >= 11 is 9.27. The molecule has 0 aliphatic carbocycles. The molecule has 4 amide bonds. The van der Waals surface area contributed by atoms with Crippen molar-refractivity contribution in [1.82, 2.24) is 5.32 Å². The molecule has 0 aromatic heterocycles. The van der Waals surface area contributed by atoms with Crippen LogP contribution in [0.1, 0.15) is 11.1 Å². The summed E-state index contributed by atoms with van der Waals surface area (Å²) in [6, 6.07) is 18.0. The fourth-order valence-electron chi connectivity index (χ4n) is 3.27. The Hall–Kier alpha value is -3.62. The smallest absolute Gasteiger partial charge is 0.335 e. The Balaban J connectivity index is 1.53. The van der Waals surface area contributed by atoms with Crippen molar-refractivity contribution in [2.45, 2.75) is 6.61 Å². The number of hydrogen-bond donors (Lipinski definition) is 1. The van der Waals surface area contributed by atoms with Gasteiger partial charge in [-0.2, -0.15) is 0 Å². The Morgan fingerprint density at radius 1 is 1.00 bits per heavy atom. The topological polar surface area (TPSA) is 84.9 Å². The fourth-order valence-corrected chi connectivity index (χ4v) is 3.95. The van der Waals surface area contributed by atoms with Gasteiger partial charge in [-0.15, -0.1) is 0 Å². The molecular formula is C25H18BrClN2O5. The number of barbiturate groups is 1. The molecule has 172 valence electrons. The number of anilines is 1. The predicted octanol–water partition coefficient (Wildman–Crippen LogP) is 5.36. The second-order valence-electron chi connectivity index (χ2n) is 7.26. The van der Waals surface area contributed by atoms with E-state index in [0.717, 1.165) is 10.5 Å². The van der Waals surface area contributed by atoms with E-state index in [0.29, 0.717) is 38.9 Å². The largest absolute Gasteiger partial charge is 0.496 e. The van der Waals surface area contributed by atoms with Gasteiger partial charge in [0.1, 0.15) is 23.7 Å². The molecule has 1 heterocycles. The molecule has 0 spiro atoms. The van der Waals surface area contributed by atoms with Gasteiger partial charge in [0, 0.05) is 5.02 Å². The molecule has 3 aromatic rings. The molecule has 0 bridgehead atoms. The summed E-state index contributed by atoms with van der Waals surface area (Å²) in [6.07, 6.45) is 1.42. The van der Waals surface area contributed by atoms with Crippen molar-refractivity contribution in [3.63, 3.8) is 0 Å². The van der Waals surface area contributed by atoms with Gasteiger partial charge in [0.25, 0.3) is 11.8 Å². The quantitative estimate of drug-likeness (QED) is 0.336. The van der Waals surface area contributed by atoms with Crippen LogP contribution in [0.25, 0.3) is 6.08 Å². The molecule has 1 aliphatic heterocycles. The SMILES string of the molecule is COc1ccc(/C=C2\C(=O)NC(=O)N(c3ccc(OCc4ccc(Cl)cc4)cc3)C2=O)cc1Br. The Labute approximate surface area is 209 Å². The maximum absolute atomic E-state index is 13.1. The summed E-state index contributed by atoms with van der Waals surface area (Å²) in [7, 11) is 1.54. The van der Waals surface area contributed by atoms with E-state index in [1.54, 1.807) is 54.6 Å². The molecule has 1 aliphatic rings. The minimum absolute atomic E-state index is 0.167. The zero-order valence-electron chi connectivity index (χ0n) is 17.9. The summed E-state index contributed by atoms with van der Waals surface area (Å²) < 4.78 is 11.6. The summed E-state index contributed by atoms with van der Waals surface area (Å²) in [5.41, 5.74) is 1.67. The molecule has 1 fully saturated rings. The highest BCUT2D eigenvalue weighted by Crippen LogP contribution is 2.28. The number of rotatable bonds is 6. The van der Waals surface area contributed by atoms with Crippen molar-refractivity contribution < 1.29 is 23.9 Å². The second kappa shape index (κ2) is 10.1. The van der Waals surface area contributed by atoms with Gasteiger partial charge in [0.05, 0.1) is 17.3 Å². The van der Waals surface area contributed by atoms with Gasteiger partial charge in [-0.1, -0.05) is 29.8 Å². The van der Waals surface area contributed by atoms with Crippen molar-refractivity contribution >= 4 is 57.1 Å². The first-order valence-corrected chi connectivity index (χ1v) is 11.2. The lowest BCUT2D eigenvalue weighted by molar-refractivity contribution is -0.122. The van der Waals surface area contributed by atoms with E-state index in [9.17, 15) is 14.4 Å². The van der Waals surface area contributed by atoms with E-state index in [1.807, 2.05) is 12.1 Å².